The highest BCUT2D eigenvalue weighted by molar-refractivity contribution is 8.01. The summed E-state index contributed by atoms with van der Waals surface area (Å²) >= 11 is 3.06. The van der Waals surface area contributed by atoms with Gasteiger partial charge in [0.1, 0.15) is 11.5 Å². The number of benzene rings is 3. The van der Waals surface area contributed by atoms with Crippen LogP contribution in [-0.4, -0.2) is 41.6 Å². The Morgan fingerprint density at radius 3 is 2.35 bits per heavy atom. The molecule has 1 aliphatic rings. The van der Waals surface area contributed by atoms with Crippen LogP contribution in [0.1, 0.15) is 23.6 Å². The van der Waals surface area contributed by atoms with E-state index in [0.717, 1.165) is 42.9 Å². The van der Waals surface area contributed by atoms with Crippen molar-refractivity contribution in [3.63, 3.8) is 0 Å². The number of hydrogen-bond donors (Lipinski definition) is 0. The fourth-order valence-corrected chi connectivity index (χ4v) is 5.81. The summed E-state index contributed by atoms with van der Waals surface area (Å²) in [6.45, 7) is 0. The fourth-order valence-electron chi connectivity index (χ4n) is 3.89. The zero-order valence-electron chi connectivity index (χ0n) is 18.8. The molecular weight excluding hydrogens is 466 g/mol. The third kappa shape index (κ3) is 4.64. The molecule has 0 fully saturated rings. The van der Waals surface area contributed by atoms with Gasteiger partial charge in [-0.3, -0.25) is 4.79 Å². The Kier molecular flexibility index (Phi) is 6.51. The van der Waals surface area contributed by atoms with Gasteiger partial charge in [-0.05, 0) is 59.7 Å². The molecule has 6 nitrogen and oxygen atoms in total. The van der Waals surface area contributed by atoms with Gasteiger partial charge in [0.15, 0.2) is 4.34 Å². The van der Waals surface area contributed by atoms with Crippen molar-refractivity contribution in [1.29, 1.82) is 0 Å². The van der Waals surface area contributed by atoms with Gasteiger partial charge in [-0.1, -0.05) is 36.0 Å². The molecule has 0 radical (unpaired) electrons. The van der Waals surface area contributed by atoms with Crippen LogP contribution in [-0.2, 0) is 4.79 Å². The molecule has 2 heterocycles. The third-order valence-corrected chi connectivity index (χ3v) is 7.85. The number of carbonyl (C=O) groups is 1. The number of aromatic nitrogens is 1. The summed E-state index contributed by atoms with van der Waals surface area (Å²) in [7, 11) is 3.29. The Balaban J connectivity index is 1.38. The van der Waals surface area contributed by atoms with Crippen LogP contribution in [0.4, 0.5) is 0 Å². The number of fused-ring (bicyclic) bond motifs is 1. The summed E-state index contributed by atoms with van der Waals surface area (Å²) in [5.74, 6) is 1.79. The van der Waals surface area contributed by atoms with Gasteiger partial charge < -0.3 is 9.47 Å². The monoisotopic (exact) mass is 489 g/mol. The van der Waals surface area contributed by atoms with Crippen molar-refractivity contribution >= 4 is 44.9 Å². The molecule has 0 aliphatic carbocycles. The van der Waals surface area contributed by atoms with Gasteiger partial charge in [-0.25, -0.2) is 9.99 Å². The van der Waals surface area contributed by atoms with Crippen LogP contribution in [0.15, 0.2) is 82.2 Å². The second-order valence-electron chi connectivity index (χ2n) is 7.74. The highest BCUT2D eigenvalue weighted by Gasteiger charge is 2.33. The largest absolute Gasteiger partial charge is 0.497 e. The van der Waals surface area contributed by atoms with Crippen LogP contribution < -0.4 is 9.47 Å². The molecule has 4 aromatic rings. The molecule has 0 N–H and O–H groups in total. The molecule has 1 aromatic heterocycles. The summed E-state index contributed by atoms with van der Waals surface area (Å²) in [4.78, 5) is 18.0. The first-order chi connectivity index (χ1) is 16.6. The molecular formula is C26H23N3O3S2. The number of amides is 1. The van der Waals surface area contributed by atoms with E-state index in [0.29, 0.717) is 6.42 Å². The normalized spacial score (nSPS) is 15.4. The average molecular weight is 490 g/mol. The first-order valence-corrected chi connectivity index (χ1v) is 12.6. The van der Waals surface area contributed by atoms with Gasteiger partial charge in [0.05, 0.1) is 41.9 Å². The average Bonchev–Trinajstić information content (AvgIpc) is 3.52. The van der Waals surface area contributed by atoms with Crippen molar-refractivity contribution in [3.05, 3.63) is 83.9 Å². The SMILES string of the molecule is COc1ccc(C2=NN(C(=O)CSc3nc4ccccc4s3)[C@H](c3ccc(OC)cc3)C2)cc1. The minimum atomic E-state index is -0.175. The minimum Gasteiger partial charge on any atom is -0.497 e. The first-order valence-electron chi connectivity index (χ1n) is 10.8. The Labute approximate surface area is 206 Å². The number of hydrazone groups is 1. The van der Waals surface area contributed by atoms with Gasteiger partial charge in [-0.15, -0.1) is 11.3 Å². The molecule has 34 heavy (non-hydrogen) atoms. The smallest absolute Gasteiger partial charge is 0.253 e. The van der Waals surface area contributed by atoms with Crippen molar-refractivity contribution in [1.82, 2.24) is 9.99 Å². The van der Waals surface area contributed by atoms with Crippen molar-refractivity contribution in [2.24, 2.45) is 5.10 Å². The lowest BCUT2D eigenvalue weighted by Gasteiger charge is -2.22. The Hall–Kier alpha value is -3.36. The molecule has 0 saturated heterocycles. The van der Waals surface area contributed by atoms with Crippen LogP contribution in [0.3, 0.4) is 0 Å². The Morgan fingerprint density at radius 1 is 1.00 bits per heavy atom. The predicted octanol–water partition coefficient (Wildman–Crippen LogP) is 5.78. The topological polar surface area (TPSA) is 64.0 Å². The second kappa shape index (κ2) is 9.87. The van der Waals surface area contributed by atoms with E-state index in [-0.39, 0.29) is 17.7 Å². The fraction of sp³-hybridized carbons (Fsp3) is 0.192. The molecule has 1 amide bonds. The summed E-state index contributed by atoms with van der Waals surface area (Å²) in [6.07, 6.45) is 0.635. The minimum absolute atomic E-state index is 0.0476. The highest BCUT2D eigenvalue weighted by atomic mass is 32.2. The standard InChI is InChI=1S/C26H23N3O3S2/c1-31-19-11-7-17(8-12-19)22-15-23(18-9-13-20(32-2)14-10-18)29(28-22)25(30)16-33-26-27-21-5-3-4-6-24(21)34-26/h3-14,23H,15-16H2,1-2H3/t23-/m0/s1. The molecule has 5 rings (SSSR count). The van der Waals surface area contributed by atoms with Gasteiger partial charge in [0.2, 0.25) is 0 Å². The number of hydrogen-bond acceptors (Lipinski definition) is 7. The number of ether oxygens (including phenoxy) is 2. The van der Waals surface area contributed by atoms with Crippen molar-refractivity contribution in [2.45, 2.75) is 16.8 Å². The zero-order valence-corrected chi connectivity index (χ0v) is 20.4. The van der Waals surface area contributed by atoms with E-state index in [9.17, 15) is 4.79 Å². The lowest BCUT2D eigenvalue weighted by Crippen LogP contribution is -2.28. The highest BCUT2D eigenvalue weighted by Crippen LogP contribution is 2.35. The van der Waals surface area contributed by atoms with E-state index in [1.807, 2.05) is 72.8 Å². The molecule has 0 unspecified atom stereocenters. The van der Waals surface area contributed by atoms with Crippen LogP contribution in [0.25, 0.3) is 10.2 Å². The van der Waals surface area contributed by atoms with E-state index < -0.39 is 0 Å². The van der Waals surface area contributed by atoms with Gasteiger partial charge in [-0.2, -0.15) is 5.10 Å². The number of thioether (sulfide) groups is 1. The van der Waals surface area contributed by atoms with Gasteiger partial charge >= 0.3 is 0 Å². The lowest BCUT2D eigenvalue weighted by molar-refractivity contribution is -0.130. The van der Waals surface area contributed by atoms with Crippen molar-refractivity contribution < 1.29 is 14.3 Å². The van der Waals surface area contributed by atoms with Crippen molar-refractivity contribution in [2.75, 3.05) is 20.0 Å². The number of thiazole rings is 1. The zero-order chi connectivity index (χ0) is 23.5. The lowest BCUT2D eigenvalue weighted by atomic mass is 9.98. The van der Waals surface area contributed by atoms with Crippen LogP contribution in [0.5, 0.6) is 11.5 Å². The number of carbonyl (C=O) groups excluding carboxylic acids is 1. The maximum absolute atomic E-state index is 13.3. The predicted molar refractivity (Wildman–Crippen MR) is 137 cm³/mol. The number of methoxy groups -OCH3 is 2. The van der Waals surface area contributed by atoms with E-state index in [4.69, 9.17) is 14.6 Å². The molecule has 0 spiro atoms. The van der Waals surface area contributed by atoms with E-state index >= 15 is 0 Å². The summed E-state index contributed by atoms with van der Waals surface area (Å²) in [5.41, 5.74) is 3.83. The Morgan fingerprint density at radius 2 is 1.68 bits per heavy atom. The van der Waals surface area contributed by atoms with Crippen LogP contribution in [0, 0.1) is 0 Å². The molecule has 0 bridgehead atoms. The van der Waals surface area contributed by atoms with E-state index in [1.165, 1.54) is 11.8 Å². The number of para-hydroxylation sites is 1. The number of nitrogens with zero attached hydrogens (tertiary/aromatic N) is 3. The summed E-state index contributed by atoms with van der Waals surface area (Å²) < 4.78 is 12.6. The van der Waals surface area contributed by atoms with E-state index in [1.54, 1.807) is 30.6 Å². The second-order valence-corrected chi connectivity index (χ2v) is 10.00. The van der Waals surface area contributed by atoms with Crippen LogP contribution in [0.2, 0.25) is 0 Å². The first kappa shape index (κ1) is 22.4. The third-order valence-electron chi connectivity index (χ3n) is 5.68. The van der Waals surface area contributed by atoms with E-state index in [2.05, 4.69) is 4.98 Å². The molecule has 1 aliphatic heterocycles. The summed E-state index contributed by atoms with van der Waals surface area (Å²) in [5, 5.41) is 6.39. The molecule has 3 aromatic carbocycles. The Bertz CT molecular complexity index is 1300. The molecule has 172 valence electrons. The molecule has 8 heteroatoms. The molecule has 0 saturated carbocycles. The summed E-state index contributed by atoms with van der Waals surface area (Å²) in [6, 6.07) is 23.4. The van der Waals surface area contributed by atoms with Crippen LogP contribution >= 0.6 is 23.1 Å². The maximum atomic E-state index is 13.3. The molecule has 1 atom stereocenters. The van der Waals surface area contributed by atoms with Gasteiger partial charge in [0.25, 0.3) is 5.91 Å². The number of rotatable bonds is 7. The van der Waals surface area contributed by atoms with Gasteiger partial charge in [0, 0.05) is 6.42 Å². The maximum Gasteiger partial charge on any atom is 0.253 e. The quantitative estimate of drug-likeness (QED) is 0.308. The van der Waals surface area contributed by atoms with Crippen molar-refractivity contribution in [3.8, 4) is 11.5 Å².